The van der Waals surface area contributed by atoms with Gasteiger partial charge in [-0.25, -0.2) is 0 Å². The standard InChI is InChI=1S/C24H31N3O2/c1-2-23(15-25-9-1)29-22-7-10-26(11-8-22)17-20-5-6-24-21(14-20)18-27(12-13-28-24)16-19-3-4-19/h1-2,5-6,9,14-15,19,22H,3-4,7-8,10-13,16-18H2. The third-order valence-corrected chi connectivity index (χ3v) is 6.28. The van der Waals surface area contributed by atoms with Crippen LogP contribution in [0, 0.1) is 5.92 Å². The third-order valence-electron chi connectivity index (χ3n) is 6.28. The average molecular weight is 394 g/mol. The smallest absolute Gasteiger partial charge is 0.137 e. The SMILES string of the molecule is c1cncc(OC2CCN(Cc3ccc4c(c3)CN(CC3CC3)CCO4)CC2)c1. The Bertz CT molecular complexity index is 801. The lowest BCUT2D eigenvalue weighted by Gasteiger charge is -2.32. The summed E-state index contributed by atoms with van der Waals surface area (Å²) in [4.78, 5) is 9.26. The minimum atomic E-state index is 0.298. The highest BCUT2D eigenvalue weighted by atomic mass is 16.5. The van der Waals surface area contributed by atoms with Gasteiger partial charge in [0.05, 0.1) is 6.20 Å². The molecule has 1 aromatic heterocycles. The van der Waals surface area contributed by atoms with E-state index in [0.717, 1.165) is 69.6 Å². The number of aromatic nitrogens is 1. The van der Waals surface area contributed by atoms with E-state index in [9.17, 15) is 0 Å². The Hall–Kier alpha value is -2.11. The molecule has 0 N–H and O–H groups in total. The summed E-state index contributed by atoms with van der Waals surface area (Å²) in [7, 11) is 0. The Morgan fingerprint density at radius 1 is 1.03 bits per heavy atom. The number of fused-ring (bicyclic) bond motifs is 1. The van der Waals surface area contributed by atoms with Crippen LogP contribution >= 0.6 is 0 Å². The van der Waals surface area contributed by atoms with Crippen LogP contribution in [0.15, 0.2) is 42.7 Å². The molecule has 1 aromatic carbocycles. The Kier molecular flexibility index (Phi) is 5.68. The van der Waals surface area contributed by atoms with E-state index in [1.54, 1.807) is 12.4 Å². The first-order valence-electron chi connectivity index (χ1n) is 11.1. The predicted molar refractivity (Wildman–Crippen MR) is 113 cm³/mol. The summed E-state index contributed by atoms with van der Waals surface area (Å²) in [5.74, 6) is 2.89. The summed E-state index contributed by atoms with van der Waals surface area (Å²) >= 11 is 0. The number of benzene rings is 1. The summed E-state index contributed by atoms with van der Waals surface area (Å²) in [6.45, 7) is 7.28. The summed E-state index contributed by atoms with van der Waals surface area (Å²) in [6, 6.07) is 10.7. The molecule has 0 spiro atoms. The monoisotopic (exact) mass is 393 g/mol. The molecule has 5 nitrogen and oxygen atoms in total. The zero-order valence-electron chi connectivity index (χ0n) is 17.1. The Morgan fingerprint density at radius 2 is 1.93 bits per heavy atom. The van der Waals surface area contributed by atoms with E-state index in [1.807, 2.05) is 12.1 Å². The van der Waals surface area contributed by atoms with E-state index in [4.69, 9.17) is 9.47 Å². The van der Waals surface area contributed by atoms with Crippen LogP contribution in [0.2, 0.25) is 0 Å². The highest BCUT2D eigenvalue weighted by Crippen LogP contribution is 2.32. The first-order chi connectivity index (χ1) is 14.3. The van der Waals surface area contributed by atoms with E-state index >= 15 is 0 Å². The Morgan fingerprint density at radius 3 is 2.72 bits per heavy atom. The van der Waals surface area contributed by atoms with E-state index in [1.165, 1.54) is 30.5 Å². The molecule has 3 aliphatic rings. The lowest BCUT2D eigenvalue weighted by molar-refractivity contribution is 0.0965. The van der Waals surface area contributed by atoms with Crippen molar-refractivity contribution in [2.24, 2.45) is 5.92 Å². The quantitative estimate of drug-likeness (QED) is 0.748. The maximum atomic E-state index is 6.08. The first-order valence-corrected chi connectivity index (χ1v) is 11.1. The summed E-state index contributed by atoms with van der Waals surface area (Å²) in [5.41, 5.74) is 2.75. The largest absolute Gasteiger partial charge is 0.492 e. The lowest BCUT2D eigenvalue weighted by atomic mass is 10.0. The van der Waals surface area contributed by atoms with Crippen LogP contribution in [-0.2, 0) is 13.1 Å². The molecule has 5 heteroatoms. The van der Waals surface area contributed by atoms with Crippen molar-refractivity contribution >= 4 is 0 Å². The number of ether oxygens (including phenoxy) is 2. The van der Waals surface area contributed by atoms with Gasteiger partial charge in [-0.1, -0.05) is 6.07 Å². The van der Waals surface area contributed by atoms with Gasteiger partial charge in [0.2, 0.25) is 0 Å². The number of likely N-dealkylation sites (tertiary alicyclic amines) is 1. The van der Waals surface area contributed by atoms with Crippen molar-refractivity contribution in [3.63, 3.8) is 0 Å². The van der Waals surface area contributed by atoms with Crippen LogP contribution in [0.5, 0.6) is 11.5 Å². The molecular weight excluding hydrogens is 362 g/mol. The van der Waals surface area contributed by atoms with Gasteiger partial charge in [-0.15, -0.1) is 0 Å². The van der Waals surface area contributed by atoms with E-state index in [2.05, 4.69) is 33.0 Å². The second-order valence-corrected chi connectivity index (χ2v) is 8.75. The van der Waals surface area contributed by atoms with Gasteiger partial charge in [0.25, 0.3) is 0 Å². The number of piperidine rings is 1. The molecule has 1 saturated heterocycles. The van der Waals surface area contributed by atoms with Gasteiger partial charge >= 0.3 is 0 Å². The van der Waals surface area contributed by atoms with Crippen molar-refractivity contribution in [1.29, 1.82) is 0 Å². The van der Waals surface area contributed by atoms with E-state index < -0.39 is 0 Å². The number of hydrogen-bond donors (Lipinski definition) is 0. The fourth-order valence-corrected chi connectivity index (χ4v) is 4.47. The Labute approximate surface area is 173 Å². The third kappa shape index (κ3) is 5.09. The van der Waals surface area contributed by atoms with E-state index in [0.29, 0.717) is 6.10 Å². The van der Waals surface area contributed by atoms with Gasteiger partial charge in [-0.3, -0.25) is 14.8 Å². The highest BCUT2D eigenvalue weighted by Gasteiger charge is 2.26. The van der Waals surface area contributed by atoms with Crippen LogP contribution < -0.4 is 9.47 Å². The molecule has 1 saturated carbocycles. The van der Waals surface area contributed by atoms with Crippen molar-refractivity contribution < 1.29 is 9.47 Å². The maximum Gasteiger partial charge on any atom is 0.137 e. The molecule has 2 fully saturated rings. The second kappa shape index (κ2) is 8.72. The van der Waals surface area contributed by atoms with Gasteiger partial charge in [0.15, 0.2) is 0 Å². The molecule has 0 unspecified atom stereocenters. The van der Waals surface area contributed by atoms with Gasteiger partial charge in [-0.05, 0) is 61.4 Å². The first kappa shape index (κ1) is 18.9. The number of nitrogens with zero attached hydrogens (tertiary/aromatic N) is 3. The molecule has 1 aliphatic carbocycles. The van der Waals surface area contributed by atoms with Gasteiger partial charge < -0.3 is 9.47 Å². The Balaban J connectivity index is 1.16. The molecule has 0 amide bonds. The van der Waals surface area contributed by atoms with Gasteiger partial charge in [0.1, 0.15) is 24.2 Å². The topological polar surface area (TPSA) is 37.8 Å². The van der Waals surface area contributed by atoms with Crippen molar-refractivity contribution in [3.8, 4) is 11.5 Å². The molecule has 5 rings (SSSR count). The summed E-state index contributed by atoms with van der Waals surface area (Å²) in [5, 5.41) is 0. The van der Waals surface area contributed by atoms with Crippen molar-refractivity contribution in [2.45, 2.75) is 44.9 Å². The number of hydrogen-bond acceptors (Lipinski definition) is 5. The number of pyridine rings is 1. The van der Waals surface area contributed by atoms with Gasteiger partial charge in [0, 0.05) is 51.0 Å². The van der Waals surface area contributed by atoms with Crippen LogP contribution in [0.1, 0.15) is 36.8 Å². The predicted octanol–water partition coefficient (Wildman–Crippen LogP) is 3.73. The van der Waals surface area contributed by atoms with Crippen LogP contribution in [-0.4, -0.2) is 53.7 Å². The normalized spacial score (nSPS) is 21.2. The highest BCUT2D eigenvalue weighted by molar-refractivity contribution is 5.38. The average Bonchev–Trinajstić information content (AvgIpc) is 3.57. The minimum Gasteiger partial charge on any atom is -0.492 e. The summed E-state index contributed by atoms with van der Waals surface area (Å²) < 4.78 is 12.1. The lowest BCUT2D eigenvalue weighted by Crippen LogP contribution is -2.37. The zero-order valence-corrected chi connectivity index (χ0v) is 17.1. The van der Waals surface area contributed by atoms with Crippen molar-refractivity contribution in [3.05, 3.63) is 53.9 Å². The molecule has 2 aliphatic heterocycles. The van der Waals surface area contributed by atoms with E-state index in [-0.39, 0.29) is 0 Å². The fourth-order valence-electron chi connectivity index (χ4n) is 4.47. The number of rotatable bonds is 6. The molecule has 0 bridgehead atoms. The summed E-state index contributed by atoms with van der Waals surface area (Å²) in [6.07, 6.45) is 8.83. The molecule has 154 valence electrons. The molecule has 2 aromatic rings. The zero-order chi connectivity index (χ0) is 19.5. The second-order valence-electron chi connectivity index (χ2n) is 8.75. The van der Waals surface area contributed by atoms with Crippen molar-refractivity contribution in [1.82, 2.24) is 14.8 Å². The molecule has 29 heavy (non-hydrogen) atoms. The fraction of sp³-hybridized carbons (Fsp3) is 0.542. The van der Waals surface area contributed by atoms with Crippen LogP contribution in [0.25, 0.3) is 0 Å². The minimum absolute atomic E-state index is 0.298. The molecule has 0 atom stereocenters. The van der Waals surface area contributed by atoms with Crippen molar-refractivity contribution in [2.75, 3.05) is 32.8 Å². The van der Waals surface area contributed by atoms with Gasteiger partial charge in [-0.2, -0.15) is 0 Å². The molecule has 0 radical (unpaired) electrons. The molecular formula is C24H31N3O2. The molecule has 3 heterocycles. The maximum absolute atomic E-state index is 6.08. The van der Waals surface area contributed by atoms with Crippen LogP contribution in [0.3, 0.4) is 0 Å². The van der Waals surface area contributed by atoms with Crippen LogP contribution in [0.4, 0.5) is 0 Å².